The molecule has 0 radical (unpaired) electrons. The Hall–Kier alpha value is -1.40. The smallest absolute Gasteiger partial charge is 0.264 e. The Labute approximate surface area is 123 Å². The zero-order valence-corrected chi connectivity index (χ0v) is 13.1. The molecule has 20 heavy (non-hydrogen) atoms. The van der Waals surface area contributed by atoms with Crippen LogP contribution in [0.5, 0.6) is 0 Å². The number of hydrogen-bond donors (Lipinski definition) is 1. The molecule has 0 aliphatic carbocycles. The Morgan fingerprint density at radius 3 is 2.50 bits per heavy atom. The van der Waals surface area contributed by atoms with Crippen molar-refractivity contribution in [1.82, 2.24) is 20.3 Å². The molecule has 0 unspecified atom stereocenters. The molecule has 0 bridgehead atoms. The molecular weight excluding hydrogens is 272 g/mol. The number of aromatic nitrogens is 3. The van der Waals surface area contributed by atoms with Crippen LogP contribution in [0, 0.1) is 19.8 Å². The first-order valence-electron chi connectivity index (χ1n) is 6.68. The van der Waals surface area contributed by atoms with Gasteiger partial charge in [0.25, 0.3) is 5.22 Å². The molecule has 0 spiro atoms. The summed E-state index contributed by atoms with van der Waals surface area (Å²) in [6, 6.07) is 0. The molecule has 0 fully saturated rings. The second kappa shape index (κ2) is 6.85. The van der Waals surface area contributed by atoms with Gasteiger partial charge in [0.05, 0.1) is 5.69 Å². The highest BCUT2D eigenvalue weighted by Crippen LogP contribution is 2.25. The van der Waals surface area contributed by atoms with Crippen molar-refractivity contribution in [3.63, 3.8) is 0 Å². The van der Waals surface area contributed by atoms with Gasteiger partial charge in [-0.05, 0) is 26.3 Å². The first-order valence-corrected chi connectivity index (χ1v) is 7.49. The Balaban J connectivity index is 1.91. The highest BCUT2D eigenvalue weighted by molar-refractivity contribution is 7.98. The van der Waals surface area contributed by atoms with Crippen LogP contribution < -0.4 is 5.32 Å². The van der Waals surface area contributed by atoms with Crippen molar-refractivity contribution in [2.45, 2.75) is 44.6 Å². The van der Waals surface area contributed by atoms with Gasteiger partial charge in [-0.15, -0.1) is 0 Å². The van der Waals surface area contributed by atoms with Gasteiger partial charge in [-0.1, -0.05) is 13.8 Å². The average Bonchev–Trinajstić information content (AvgIpc) is 2.70. The lowest BCUT2D eigenvalue weighted by atomic mass is 10.2. The summed E-state index contributed by atoms with van der Waals surface area (Å²) in [4.78, 5) is 12.9. The lowest BCUT2D eigenvalue weighted by Crippen LogP contribution is -2.19. The molecule has 2 heterocycles. The summed E-state index contributed by atoms with van der Waals surface area (Å²) in [6.07, 6.45) is 3.68. The lowest BCUT2D eigenvalue weighted by Gasteiger charge is -2.06. The summed E-state index contributed by atoms with van der Waals surface area (Å²) in [7, 11) is 0. The molecule has 0 amide bonds. The minimum Gasteiger partial charge on any atom is -0.436 e. The van der Waals surface area contributed by atoms with E-state index in [4.69, 9.17) is 4.42 Å². The van der Waals surface area contributed by atoms with E-state index in [-0.39, 0.29) is 0 Å². The van der Waals surface area contributed by atoms with Crippen LogP contribution in [0.3, 0.4) is 0 Å². The van der Waals surface area contributed by atoms with E-state index in [0.29, 0.717) is 16.3 Å². The van der Waals surface area contributed by atoms with E-state index >= 15 is 0 Å². The maximum absolute atomic E-state index is 5.50. The summed E-state index contributed by atoms with van der Waals surface area (Å²) < 4.78 is 5.50. The molecule has 0 saturated carbocycles. The number of rotatable bonds is 6. The Morgan fingerprint density at radius 2 is 1.95 bits per heavy atom. The third-order valence-electron chi connectivity index (χ3n) is 2.75. The monoisotopic (exact) mass is 292 g/mol. The second-order valence-electron chi connectivity index (χ2n) is 5.12. The predicted octanol–water partition coefficient (Wildman–Crippen LogP) is 2.98. The van der Waals surface area contributed by atoms with Crippen LogP contribution in [0.1, 0.15) is 30.9 Å². The fourth-order valence-corrected chi connectivity index (χ4v) is 2.27. The molecule has 0 aromatic carbocycles. The van der Waals surface area contributed by atoms with Gasteiger partial charge in [0.15, 0.2) is 5.16 Å². The van der Waals surface area contributed by atoms with E-state index in [1.165, 1.54) is 11.8 Å². The predicted molar refractivity (Wildman–Crippen MR) is 78.7 cm³/mol. The molecule has 2 aromatic heterocycles. The maximum Gasteiger partial charge on any atom is 0.264 e. The van der Waals surface area contributed by atoms with Gasteiger partial charge in [-0.3, -0.25) is 0 Å². The van der Waals surface area contributed by atoms with Gasteiger partial charge in [-0.2, -0.15) is 0 Å². The van der Waals surface area contributed by atoms with Crippen molar-refractivity contribution in [3.05, 3.63) is 29.4 Å². The molecule has 6 heteroatoms. The topological polar surface area (TPSA) is 63.8 Å². The van der Waals surface area contributed by atoms with Crippen LogP contribution >= 0.6 is 11.8 Å². The average molecular weight is 292 g/mol. The van der Waals surface area contributed by atoms with Crippen molar-refractivity contribution in [3.8, 4) is 0 Å². The van der Waals surface area contributed by atoms with Crippen LogP contribution in [0.15, 0.2) is 27.2 Å². The second-order valence-corrected chi connectivity index (χ2v) is 6.04. The molecule has 0 aliphatic heterocycles. The summed E-state index contributed by atoms with van der Waals surface area (Å²) in [5, 5.41) is 4.60. The van der Waals surface area contributed by atoms with Crippen LogP contribution in [0.2, 0.25) is 0 Å². The fourth-order valence-electron chi connectivity index (χ4n) is 1.56. The van der Waals surface area contributed by atoms with Gasteiger partial charge >= 0.3 is 0 Å². The van der Waals surface area contributed by atoms with Crippen molar-refractivity contribution in [1.29, 1.82) is 0 Å². The Bertz CT molecular complexity index is 531. The van der Waals surface area contributed by atoms with Crippen molar-refractivity contribution in [2.24, 2.45) is 5.92 Å². The van der Waals surface area contributed by atoms with Crippen LogP contribution in [-0.4, -0.2) is 21.5 Å². The van der Waals surface area contributed by atoms with E-state index in [2.05, 4.69) is 34.1 Å². The number of nitrogens with one attached hydrogen (secondary N) is 1. The lowest BCUT2D eigenvalue weighted by molar-refractivity contribution is 0.430. The molecule has 0 saturated heterocycles. The van der Waals surface area contributed by atoms with E-state index in [9.17, 15) is 0 Å². The van der Waals surface area contributed by atoms with Crippen molar-refractivity contribution >= 4 is 11.8 Å². The first-order chi connectivity index (χ1) is 9.54. The minimum absolute atomic E-state index is 0.589. The first kappa shape index (κ1) is 15.0. The highest BCUT2D eigenvalue weighted by Gasteiger charge is 2.09. The zero-order valence-electron chi connectivity index (χ0n) is 12.3. The van der Waals surface area contributed by atoms with Gasteiger partial charge in [0.1, 0.15) is 5.76 Å². The molecule has 0 atom stereocenters. The number of aryl methyl sites for hydroxylation is 2. The van der Waals surface area contributed by atoms with Crippen LogP contribution in [0.4, 0.5) is 0 Å². The van der Waals surface area contributed by atoms with E-state index in [0.717, 1.165) is 30.1 Å². The summed E-state index contributed by atoms with van der Waals surface area (Å²) in [5.41, 5.74) is 1.98. The third-order valence-corrected chi connectivity index (χ3v) is 3.49. The Morgan fingerprint density at radius 1 is 1.25 bits per heavy atom. The largest absolute Gasteiger partial charge is 0.436 e. The molecule has 0 aliphatic rings. The number of hydrogen-bond acceptors (Lipinski definition) is 6. The Kier molecular flexibility index (Phi) is 5.14. The summed E-state index contributed by atoms with van der Waals surface area (Å²) in [5.74, 6) is 1.48. The van der Waals surface area contributed by atoms with Gasteiger partial charge in [0, 0.05) is 36.3 Å². The summed E-state index contributed by atoms with van der Waals surface area (Å²) >= 11 is 1.34. The van der Waals surface area contributed by atoms with E-state index in [1.54, 1.807) is 0 Å². The SMILES string of the molecule is Cc1nc(Sc2ncc(CNCC(C)C)cn2)oc1C. The van der Waals surface area contributed by atoms with Gasteiger partial charge < -0.3 is 9.73 Å². The van der Waals surface area contributed by atoms with Crippen molar-refractivity contribution < 1.29 is 4.42 Å². The number of oxazole rings is 1. The minimum atomic E-state index is 0.589. The van der Waals surface area contributed by atoms with Crippen molar-refractivity contribution in [2.75, 3.05) is 6.54 Å². The normalized spacial score (nSPS) is 11.2. The van der Waals surface area contributed by atoms with Gasteiger partial charge in [0.2, 0.25) is 0 Å². The van der Waals surface area contributed by atoms with Crippen LogP contribution in [-0.2, 0) is 6.54 Å². The molecule has 2 rings (SSSR count). The van der Waals surface area contributed by atoms with Gasteiger partial charge in [-0.25, -0.2) is 15.0 Å². The molecule has 1 N–H and O–H groups in total. The number of nitrogens with zero attached hydrogens (tertiary/aromatic N) is 3. The third kappa shape index (κ3) is 4.31. The quantitative estimate of drug-likeness (QED) is 0.826. The maximum atomic E-state index is 5.50. The van der Waals surface area contributed by atoms with E-state index in [1.807, 2.05) is 26.2 Å². The molecule has 5 nitrogen and oxygen atoms in total. The van der Waals surface area contributed by atoms with E-state index < -0.39 is 0 Å². The standard InChI is InChI=1S/C14H20N4OS/c1-9(2)5-15-6-12-7-16-13(17-8-12)20-14-18-10(3)11(4)19-14/h7-9,15H,5-6H2,1-4H3. The zero-order chi connectivity index (χ0) is 14.5. The fraction of sp³-hybridized carbons (Fsp3) is 0.500. The molecular formula is C14H20N4OS. The molecule has 108 valence electrons. The molecule has 2 aromatic rings. The van der Waals surface area contributed by atoms with Crippen LogP contribution in [0.25, 0.3) is 0 Å². The summed E-state index contributed by atoms with van der Waals surface area (Å²) in [6.45, 7) is 9.98. The highest BCUT2D eigenvalue weighted by atomic mass is 32.2.